The molecule has 1 aromatic rings. The van der Waals surface area contributed by atoms with Crippen LogP contribution in [0, 0.1) is 0 Å². The second-order valence-electron chi connectivity index (χ2n) is 4.70. The van der Waals surface area contributed by atoms with Crippen molar-refractivity contribution in [2.75, 3.05) is 20.0 Å². The molecule has 3 N–H and O–H groups in total. The van der Waals surface area contributed by atoms with Gasteiger partial charge in [0, 0.05) is 5.38 Å². The van der Waals surface area contributed by atoms with Crippen LogP contribution >= 0.6 is 11.3 Å². The standard InChI is InChI=1S/C11H13N5O8S2.Na/c1-23-10(19)7-6(9(18)16(7)26(20,21)22)14-8(17)5(15-24-2)4-3-25-11(12)13-4;/h3,6-7H,1-2H3,(H2,12,13)(H,14,17)(H,20,21,22);/q;+1/p-1/t6-,7-;/m1./s1. The topological polar surface area (TPSA) is 193 Å². The number of nitrogens with two attached hydrogens (primary N) is 1. The molecule has 142 valence electrons. The van der Waals surface area contributed by atoms with Gasteiger partial charge >= 0.3 is 35.5 Å². The number of amides is 2. The normalized spacial score (nSPS) is 19.6. The Bertz CT molecular complexity index is 885. The number of aromatic nitrogens is 1. The molecule has 1 aliphatic rings. The Morgan fingerprint density at radius 3 is 2.52 bits per heavy atom. The van der Waals surface area contributed by atoms with Crippen LogP contribution in [0.4, 0.5) is 5.13 Å². The monoisotopic (exact) mass is 429 g/mol. The van der Waals surface area contributed by atoms with Gasteiger partial charge in [0.1, 0.15) is 18.8 Å². The van der Waals surface area contributed by atoms with Crippen LogP contribution < -0.4 is 40.6 Å². The molecule has 2 amide bonds. The van der Waals surface area contributed by atoms with E-state index < -0.39 is 40.2 Å². The van der Waals surface area contributed by atoms with Crippen molar-refractivity contribution in [3.8, 4) is 0 Å². The first-order valence-electron chi connectivity index (χ1n) is 6.62. The number of nitrogens with zero attached hydrogens (tertiary/aromatic N) is 3. The predicted octanol–water partition coefficient (Wildman–Crippen LogP) is -5.59. The summed E-state index contributed by atoms with van der Waals surface area (Å²) in [5, 5.41) is 7.10. The van der Waals surface area contributed by atoms with Crippen LogP contribution in [0.15, 0.2) is 10.5 Å². The van der Waals surface area contributed by atoms with Gasteiger partial charge in [-0.3, -0.25) is 9.59 Å². The maximum absolute atomic E-state index is 12.4. The molecule has 1 aliphatic heterocycles. The fourth-order valence-electron chi connectivity index (χ4n) is 2.11. The number of hydrogen-bond donors (Lipinski definition) is 2. The van der Waals surface area contributed by atoms with Crippen molar-refractivity contribution in [1.29, 1.82) is 0 Å². The molecule has 1 saturated heterocycles. The SMILES string of the molecule is CON=C(C(=O)N[C@H]1C(=O)N(S(=O)(=O)[O-])[C@H]1C(=O)OC)c1csc(N)n1.[Na+]. The van der Waals surface area contributed by atoms with Crippen LogP contribution in [0.5, 0.6) is 0 Å². The number of β-lactam (4-membered cyclic amide) rings is 1. The molecule has 2 heterocycles. The van der Waals surface area contributed by atoms with Crippen LogP contribution in [-0.4, -0.2) is 72.1 Å². The van der Waals surface area contributed by atoms with Crippen LogP contribution in [0.1, 0.15) is 5.69 Å². The number of nitrogen functional groups attached to an aromatic ring is 1. The van der Waals surface area contributed by atoms with Gasteiger partial charge in [-0.2, -0.15) is 0 Å². The molecule has 0 radical (unpaired) electrons. The van der Waals surface area contributed by atoms with Gasteiger partial charge < -0.3 is 25.2 Å². The first-order chi connectivity index (χ1) is 12.1. The Morgan fingerprint density at radius 1 is 1.44 bits per heavy atom. The van der Waals surface area contributed by atoms with Crippen molar-refractivity contribution >= 4 is 50.3 Å². The molecule has 0 bridgehead atoms. The number of nitrogens with one attached hydrogen (secondary N) is 1. The third kappa shape index (κ3) is 4.74. The molecule has 16 heteroatoms. The smallest absolute Gasteiger partial charge is 0.731 e. The zero-order chi connectivity index (χ0) is 19.6. The van der Waals surface area contributed by atoms with E-state index in [1.54, 1.807) is 0 Å². The van der Waals surface area contributed by atoms with Gasteiger partial charge in [-0.05, 0) is 0 Å². The van der Waals surface area contributed by atoms with E-state index in [4.69, 9.17) is 5.73 Å². The molecule has 27 heavy (non-hydrogen) atoms. The summed E-state index contributed by atoms with van der Waals surface area (Å²) in [6.07, 6.45) is 0. The Hall–Kier alpha value is -1.78. The minimum absolute atomic E-state index is 0. The molecule has 1 fully saturated rings. The van der Waals surface area contributed by atoms with Gasteiger partial charge in [0.05, 0.1) is 7.11 Å². The molecule has 2 rings (SSSR count). The second-order valence-corrected chi connectivity index (χ2v) is 6.84. The van der Waals surface area contributed by atoms with Gasteiger partial charge in [-0.25, -0.2) is 22.5 Å². The van der Waals surface area contributed by atoms with E-state index in [0.29, 0.717) is 0 Å². The maximum Gasteiger partial charge on any atom is 1.00 e. The number of thiazole rings is 1. The van der Waals surface area contributed by atoms with Crippen LogP contribution in [-0.2, 0) is 34.3 Å². The molecule has 13 nitrogen and oxygen atoms in total. The van der Waals surface area contributed by atoms with Crippen LogP contribution in [0.2, 0.25) is 0 Å². The first-order valence-corrected chi connectivity index (χ1v) is 8.86. The Labute approximate surface area is 179 Å². The molecular formula is C11H12N5NaO8S2. The quantitative estimate of drug-likeness (QED) is 0.110. The van der Waals surface area contributed by atoms with Gasteiger partial charge in [-0.15, -0.1) is 11.3 Å². The first kappa shape index (κ1) is 23.3. The van der Waals surface area contributed by atoms with Crippen molar-refractivity contribution in [1.82, 2.24) is 14.6 Å². The van der Waals surface area contributed by atoms with Crippen molar-refractivity contribution in [2.24, 2.45) is 5.16 Å². The largest absolute Gasteiger partial charge is 1.00 e. The number of methoxy groups -OCH3 is 1. The summed E-state index contributed by atoms with van der Waals surface area (Å²) in [6.45, 7) is 0. The van der Waals surface area contributed by atoms with Crippen molar-refractivity contribution in [3.63, 3.8) is 0 Å². The van der Waals surface area contributed by atoms with E-state index in [2.05, 4.69) is 25.0 Å². The van der Waals surface area contributed by atoms with E-state index in [9.17, 15) is 27.4 Å². The Morgan fingerprint density at radius 2 is 2.07 bits per heavy atom. The number of carbonyl (C=O) groups excluding carboxylic acids is 3. The third-order valence-corrected chi connectivity index (χ3v) is 4.75. The van der Waals surface area contributed by atoms with Crippen molar-refractivity contribution in [3.05, 3.63) is 11.1 Å². The molecular weight excluding hydrogens is 417 g/mol. The van der Waals surface area contributed by atoms with E-state index >= 15 is 0 Å². The van der Waals surface area contributed by atoms with Gasteiger partial charge in [0.2, 0.25) is 0 Å². The van der Waals surface area contributed by atoms with E-state index in [1.807, 2.05) is 0 Å². The Kier molecular flexibility index (Phi) is 7.70. The molecule has 0 aromatic carbocycles. The average Bonchev–Trinajstić information content (AvgIpc) is 2.98. The van der Waals surface area contributed by atoms with E-state index in [0.717, 1.165) is 25.6 Å². The molecule has 1 aromatic heterocycles. The van der Waals surface area contributed by atoms with Crippen LogP contribution in [0.25, 0.3) is 0 Å². The average molecular weight is 429 g/mol. The summed E-state index contributed by atoms with van der Waals surface area (Å²) in [6, 6.07) is -3.47. The minimum atomic E-state index is -5.27. The van der Waals surface area contributed by atoms with Crippen molar-refractivity contribution < 1.29 is 66.5 Å². The summed E-state index contributed by atoms with van der Waals surface area (Å²) in [5.41, 5.74) is 5.13. The van der Waals surface area contributed by atoms with Gasteiger partial charge in [0.15, 0.2) is 27.2 Å². The maximum atomic E-state index is 12.4. The van der Waals surface area contributed by atoms with E-state index in [-0.39, 0.29) is 50.4 Å². The van der Waals surface area contributed by atoms with Crippen LogP contribution in [0.3, 0.4) is 0 Å². The number of hydrogen-bond acceptors (Lipinski definition) is 12. The summed E-state index contributed by atoms with van der Waals surface area (Å²) < 4.78 is 37.5. The third-order valence-electron chi connectivity index (χ3n) is 3.18. The fourth-order valence-corrected chi connectivity index (χ4v) is 3.47. The number of rotatable bonds is 6. The summed E-state index contributed by atoms with van der Waals surface area (Å²) in [7, 11) is -3.19. The molecule has 0 spiro atoms. The second kappa shape index (κ2) is 8.94. The number of oxime groups is 1. The number of esters is 1. The molecule has 0 unspecified atom stereocenters. The summed E-state index contributed by atoms with van der Waals surface area (Å²) in [4.78, 5) is 44.4. The zero-order valence-electron chi connectivity index (χ0n) is 14.2. The van der Waals surface area contributed by atoms with Crippen molar-refractivity contribution in [2.45, 2.75) is 12.1 Å². The predicted molar refractivity (Wildman–Crippen MR) is 84.4 cm³/mol. The summed E-state index contributed by atoms with van der Waals surface area (Å²) in [5.74, 6) is -3.50. The number of carbonyl (C=O) groups is 3. The fraction of sp³-hybridized carbons (Fsp3) is 0.364. The Balaban J connectivity index is 0.00000364. The summed E-state index contributed by atoms with van der Waals surface area (Å²) >= 11 is 1.01. The number of anilines is 1. The molecule has 0 saturated carbocycles. The minimum Gasteiger partial charge on any atom is -0.731 e. The molecule has 0 aliphatic carbocycles. The van der Waals surface area contributed by atoms with E-state index in [1.165, 1.54) is 5.38 Å². The molecule has 2 atom stereocenters. The number of ether oxygens (including phenoxy) is 1. The zero-order valence-corrected chi connectivity index (χ0v) is 17.9. The van der Waals surface area contributed by atoms with Gasteiger partial charge in [-0.1, -0.05) is 5.16 Å². The van der Waals surface area contributed by atoms with Gasteiger partial charge in [0.25, 0.3) is 11.8 Å².